The maximum atomic E-state index is 14.9. The Balaban J connectivity index is 1.76. The average molecular weight is 520 g/mol. The summed E-state index contributed by atoms with van der Waals surface area (Å²) in [4.78, 5) is 17.2. The van der Waals surface area contributed by atoms with Crippen molar-refractivity contribution in [3.63, 3.8) is 0 Å². The Bertz CT molecular complexity index is 1400. The van der Waals surface area contributed by atoms with Crippen molar-refractivity contribution in [3.8, 4) is 28.4 Å². The number of hydrogen-bond donors (Lipinski definition) is 1. The van der Waals surface area contributed by atoms with E-state index in [0.29, 0.717) is 16.3 Å². The van der Waals surface area contributed by atoms with Crippen molar-refractivity contribution in [3.05, 3.63) is 88.6 Å². The van der Waals surface area contributed by atoms with E-state index in [1.54, 1.807) is 25.1 Å². The molecule has 0 aliphatic rings. The number of hydrogen-bond acceptors (Lipinski definition) is 4. The van der Waals surface area contributed by atoms with Crippen LogP contribution in [0.5, 0.6) is 11.5 Å². The lowest BCUT2D eigenvalue weighted by molar-refractivity contribution is -0.0498. The van der Waals surface area contributed by atoms with Gasteiger partial charge in [-0.1, -0.05) is 17.7 Å². The molecule has 11 heteroatoms. The van der Waals surface area contributed by atoms with Crippen LogP contribution in [0.4, 0.5) is 23.5 Å². The van der Waals surface area contributed by atoms with Crippen LogP contribution in [-0.4, -0.2) is 29.2 Å². The molecule has 0 saturated carbocycles. The lowest BCUT2D eigenvalue weighted by Crippen LogP contribution is -2.16. The first-order valence-corrected chi connectivity index (χ1v) is 10.8. The number of carbonyl (C=O) groups is 1. The van der Waals surface area contributed by atoms with Crippen LogP contribution in [0.15, 0.2) is 60.8 Å². The van der Waals surface area contributed by atoms with Gasteiger partial charge in [-0.05, 0) is 48.9 Å². The summed E-state index contributed by atoms with van der Waals surface area (Å²) in [5.74, 6) is -2.94. The Morgan fingerprint density at radius 2 is 1.69 bits per heavy atom. The topological polar surface area (TPSA) is 65.4 Å². The molecule has 0 unspecified atom stereocenters. The molecular formula is C25H18ClF4N3O3. The third kappa shape index (κ3) is 5.28. The second kappa shape index (κ2) is 10.3. The zero-order valence-electron chi connectivity index (χ0n) is 18.9. The Hall–Kier alpha value is -4.05. The molecular weight excluding hydrogens is 502 g/mol. The normalized spacial score (nSPS) is 11.0. The molecule has 0 aliphatic carbocycles. The number of anilines is 1. The van der Waals surface area contributed by atoms with Crippen LogP contribution in [0.25, 0.3) is 16.9 Å². The predicted molar refractivity (Wildman–Crippen MR) is 126 cm³/mol. The predicted octanol–water partition coefficient (Wildman–Crippen LogP) is 6.64. The number of nitrogens with zero attached hydrogens (tertiary/aromatic N) is 2. The molecule has 0 aliphatic heterocycles. The van der Waals surface area contributed by atoms with E-state index >= 15 is 0 Å². The van der Waals surface area contributed by atoms with Gasteiger partial charge < -0.3 is 9.47 Å². The van der Waals surface area contributed by atoms with Crippen molar-refractivity contribution in [2.75, 3.05) is 12.4 Å². The number of amides is 1. The monoisotopic (exact) mass is 519 g/mol. The van der Waals surface area contributed by atoms with Crippen molar-refractivity contribution in [1.82, 2.24) is 9.55 Å². The number of alkyl halides is 2. The van der Waals surface area contributed by atoms with Crippen LogP contribution in [0.2, 0.25) is 5.02 Å². The second-order valence-corrected chi connectivity index (χ2v) is 7.99. The Kier molecular flexibility index (Phi) is 7.16. The molecule has 36 heavy (non-hydrogen) atoms. The van der Waals surface area contributed by atoms with Crippen LogP contribution in [0, 0.1) is 18.6 Å². The van der Waals surface area contributed by atoms with Gasteiger partial charge in [-0.25, -0.2) is 13.8 Å². The molecule has 1 N–H and O–H groups in total. The number of aromatic nitrogens is 2. The van der Waals surface area contributed by atoms with E-state index in [0.717, 1.165) is 22.3 Å². The fourth-order valence-corrected chi connectivity index (χ4v) is 3.55. The smallest absolute Gasteiger partial charge is 0.387 e. The van der Waals surface area contributed by atoms with Crippen LogP contribution in [-0.2, 0) is 0 Å². The number of imidazole rings is 1. The summed E-state index contributed by atoms with van der Waals surface area (Å²) in [6.45, 7) is -1.23. The van der Waals surface area contributed by atoms with E-state index in [2.05, 4.69) is 15.0 Å². The summed E-state index contributed by atoms with van der Waals surface area (Å²) in [7, 11) is 1.27. The number of ether oxygens (including phenoxy) is 2. The fraction of sp³-hybridized carbons (Fsp3) is 0.120. The third-order valence-electron chi connectivity index (χ3n) is 5.19. The van der Waals surface area contributed by atoms with Crippen molar-refractivity contribution < 1.29 is 31.8 Å². The van der Waals surface area contributed by atoms with Gasteiger partial charge in [0.25, 0.3) is 5.91 Å². The molecule has 6 nitrogen and oxygen atoms in total. The van der Waals surface area contributed by atoms with Gasteiger partial charge in [-0.15, -0.1) is 0 Å². The Morgan fingerprint density at radius 1 is 1.03 bits per heavy atom. The van der Waals surface area contributed by atoms with Gasteiger partial charge in [0, 0.05) is 34.5 Å². The molecule has 0 spiro atoms. The summed E-state index contributed by atoms with van der Waals surface area (Å²) in [6, 6.07) is 12.0. The number of aryl methyl sites for hydroxylation is 1. The number of benzene rings is 3. The second-order valence-electron chi connectivity index (χ2n) is 7.58. The van der Waals surface area contributed by atoms with Crippen LogP contribution >= 0.6 is 11.6 Å². The quantitative estimate of drug-likeness (QED) is 0.278. The number of rotatable bonds is 7. The standard InChI is InChI=1S/C25H18ClF4N3O3/c1-13-9-15(5-8-18(13)26)21-12-33(22-19(27)10-17(35-2)11-20(22)28)25(31-21)32-23(34)14-3-6-16(7-4-14)36-24(29)30/h3-12,24H,1-2H3,(H,31,32,34). The van der Waals surface area contributed by atoms with Gasteiger partial charge in [-0.3, -0.25) is 14.7 Å². The molecule has 3 aromatic carbocycles. The molecule has 4 rings (SSSR count). The summed E-state index contributed by atoms with van der Waals surface area (Å²) >= 11 is 6.10. The number of nitrogens with one attached hydrogen (secondary N) is 1. The van der Waals surface area contributed by atoms with Gasteiger partial charge in [0.15, 0.2) is 11.6 Å². The molecule has 0 atom stereocenters. The zero-order chi connectivity index (χ0) is 26.0. The van der Waals surface area contributed by atoms with E-state index in [1.807, 2.05) is 0 Å². The van der Waals surface area contributed by atoms with Crippen molar-refractivity contribution >= 4 is 23.5 Å². The maximum Gasteiger partial charge on any atom is 0.387 e. The first-order chi connectivity index (χ1) is 17.2. The van der Waals surface area contributed by atoms with Gasteiger partial charge in [0.1, 0.15) is 17.2 Å². The van der Waals surface area contributed by atoms with E-state index in [1.165, 1.54) is 37.6 Å². The molecule has 1 aromatic heterocycles. The summed E-state index contributed by atoms with van der Waals surface area (Å²) < 4.78 is 64.9. The highest BCUT2D eigenvalue weighted by atomic mass is 35.5. The van der Waals surface area contributed by atoms with Crippen molar-refractivity contribution in [2.45, 2.75) is 13.5 Å². The van der Waals surface area contributed by atoms with E-state index < -0.39 is 29.8 Å². The highest BCUT2D eigenvalue weighted by Gasteiger charge is 2.21. The lowest BCUT2D eigenvalue weighted by atomic mass is 10.1. The fourth-order valence-electron chi connectivity index (χ4n) is 3.43. The van der Waals surface area contributed by atoms with Crippen molar-refractivity contribution in [1.29, 1.82) is 0 Å². The Labute approximate surface area is 208 Å². The maximum absolute atomic E-state index is 14.9. The SMILES string of the molecule is COc1cc(F)c(-n2cc(-c3ccc(Cl)c(C)c3)nc2NC(=O)c2ccc(OC(F)F)cc2)c(F)c1. The molecule has 4 aromatic rings. The van der Waals surface area contributed by atoms with E-state index in [-0.39, 0.29) is 23.0 Å². The van der Waals surface area contributed by atoms with Crippen LogP contribution in [0.3, 0.4) is 0 Å². The minimum Gasteiger partial charge on any atom is -0.497 e. The van der Waals surface area contributed by atoms with Gasteiger partial charge >= 0.3 is 6.61 Å². The van der Waals surface area contributed by atoms with Gasteiger partial charge in [0.05, 0.1) is 12.8 Å². The largest absolute Gasteiger partial charge is 0.497 e. The molecule has 186 valence electrons. The van der Waals surface area contributed by atoms with Gasteiger partial charge in [0.2, 0.25) is 5.95 Å². The number of methoxy groups -OCH3 is 1. The summed E-state index contributed by atoms with van der Waals surface area (Å²) in [6.07, 6.45) is 1.37. The van der Waals surface area contributed by atoms with Gasteiger partial charge in [-0.2, -0.15) is 8.78 Å². The minimum absolute atomic E-state index is 0.0286. The number of carbonyl (C=O) groups excluding carboxylic acids is 1. The highest BCUT2D eigenvalue weighted by Crippen LogP contribution is 2.31. The molecule has 0 saturated heterocycles. The molecule has 0 bridgehead atoms. The highest BCUT2D eigenvalue weighted by molar-refractivity contribution is 6.31. The molecule has 1 heterocycles. The first-order valence-electron chi connectivity index (χ1n) is 10.4. The summed E-state index contributed by atoms with van der Waals surface area (Å²) in [5.41, 5.74) is 1.23. The average Bonchev–Trinajstić information content (AvgIpc) is 3.23. The third-order valence-corrected chi connectivity index (χ3v) is 5.62. The minimum atomic E-state index is -3.01. The van der Waals surface area contributed by atoms with E-state index in [9.17, 15) is 22.4 Å². The van der Waals surface area contributed by atoms with E-state index in [4.69, 9.17) is 16.3 Å². The first kappa shape index (κ1) is 25.1. The van der Waals surface area contributed by atoms with Crippen LogP contribution in [0.1, 0.15) is 15.9 Å². The van der Waals surface area contributed by atoms with Crippen molar-refractivity contribution in [2.24, 2.45) is 0 Å². The summed E-state index contributed by atoms with van der Waals surface area (Å²) in [5, 5.41) is 3.04. The molecule has 0 radical (unpaired) electrons. The van der Waals surface area contributed by atoms with Crippen LogP contribution < -0.4 is 14.8 Å². The molecule has 1 amide bonds. The Morgan fingerprint density at radius 3 is 2.28 bits per heavy atom. The zero-order valence-corrected chi connectivity index (χ0v) is 19.6. The number of halogens is 5. The molecule has 0 fully saturated rings. The lowest BCUT2D eigenvalue weighted by Gasteiger charge is -2.12.